The first-order valence-corrected chi connectivity index (χ1v) is 10.6. The van der Waals surface area contributed by atoms with E-state index < -0.39 is 6.36 Å². The molecule has 4 nitrogen and oxygen atoms in total. The predicted octanol–water partition coefficient (Wildman–Crippen LogP) is 5.40. The van der Waals surface area contributed by atoms with E-state index in [-0.39, 0.29) is 11.6 Å². The highest BCUT2D eigenvalue weighted by molar-refractivity contribution is 5.80. The minimum atomic E-state index is -4.67. The Morgan fingerprint density at radius 2 is 1.77 bits per heavy atom. The van der Waals surface area contributed by atoms with Crippen molar-refractivity contribution in [3.05, 3.63) is 59.2 Å². The van der Waals surface area contributed by atoms with Gasteiger partial charge in [0.05, 0.1) is 17.6 Å². The fourth-order valence-electron chi connectivity index (χ4n) is 4.91. The number of hydrogen-bond acceptors (Lipinski definition) is 3. The molecule has 2 aliphatic rings. The van der Waals surface area contributed by atoms with Gasteiger partial charge in [0.25, 0.3) is 0 Å². The Hall–Kier alpha value is -2.61. The SMILES string of the molecule is Fc1cc2c3c(c1)nc(CN1CCC(c4ccc(OC(F)(F)F)cc4)CC1)n3CCC2. The van der Waals surface area contributed by atoms with Crippen LogP contribution in [-0.2, 0) is 19.5 Å². The average molecular weight is 433 g/mol. The fraction of sp³-hybridized carbons (Fsp3) is 0.435. The van der Waals surface area contributed by atoms with Crippen molar-refractivity contribution >= 4 is 11.0 Å². The van der Waals surface area contributed by atoms with Crippen LogP contribution in [0.2, 0.25) is 0 Å². The summed E-state index contributed by atoms with van der Waals surface area (Å²) in [5.41, 5.74) is 3.88. The molecule has 3 aromatic rings. The first kappa shape index (κ1) is 20.3. The molecule has 2 aromatic carbocycles. The van der Waals surface area contributed by atoms with Crippen molar-refractivity contribution in [3.63, 3.8) is 0 Å². The Morgan fingerprint density at radius 3 is 2.48 bits per heavy atom. The molecule has 1 fully saturated rings. The molecule has 8 heteroatoms. The lowest BCUT2D eigenvalue weighted by Gasteiger charge is -2.32. The van der Waals surface area contributed by atoms with Gasteiger partial charge in [-0.25, -0.2) is 9.37 Å². The van der Waals surface area contributed by atoms with E-state index in [1.54, 1.807) is 18.2 Å². The highest BCUT2D eigenvalue weighted by Gasteiger charge is 2.31. The maximum atomic E-state index is 13.9. The molecule has 0 spiro atoms. The number of aromatic nitrogens is 2. The molecule has 0 unspecified atom stereocenters. The van der Waals surface area contributed by atoms with Crippen molar-refractivity contribution in [2.24, 2.45) is 0 Å². The van der Waals surface area contributed by atoms with Crippen LogP contribution < -0.4 is 4.74 Å². The summed E-state index contributed by atoms with van der Waals surface area (Å²) in [5, 5.41) is 0. The van der Waals surface area contributed by atoms with Crippen LogP contribution in [0.25, 0.3) is 11.0 Å². The van der Waals surface area contributed by atoms with Crippen molar-refractivity contribution in [2.45, 2.75) is 51.1 Å². The molecule has 0 radical (unpaired) electrons. The molecule has 164 valence electrons. The van der Waals surface area contributed by atoms with Crippen LogP contribution >= 0.6 is 0 Å². The van der Waals surface area contributed by atoms with Crippen LogP contribution in [0.1, 0.15) is 42.1 Å². The summed E-state index contributed by atoms with van der Waals surface area (Å²) >= 11 is 0. The van der Waals surface area contributed by atoms with Gasteiger partial charge in [-0.2, -0.15) is 0 Å². The van der Waals surface area contributed by atoms with E-state index in [0.29, 0.717) is 5.92 Å². The maximum absolute atomic E-state index is 13.9. The Bertz CT molecular complexity index is 1080. The summed E-state index contributed by atoms with van der Waals surface area (Å²) < 4.78 is 57.1. The highest BCUT2D eigenvalue weighted by Crippen LogP contribution is 2.32. The smallest absolute Gasteiger partial charge is 0.406 e. The molecule has 31 heavy (non-hydrogen) atoms. The van der Waals surface area contributed by atoms with Gasteiger partial charge < -0.3 is 9.30 Å². The summed E-state index contributed by atoms with van der Waals surface area (Å²) in [6.45, 7) is 3.40. The molecule has 3 heterocycles. The zero-order chi connectivity index (χ0) is 21.6. The lowest BCUT2D eigenvalue weighted by Crippen LogP contribution is -2.33. The number of hydrogen-bond donors (Lipinski definition) is 0. The molecule has 0 N–H and O–H groups in total. The van der Waals surface area contributed by atoms with E-state index in [2.05, 4.69) is 14.2 Å². The Kier molecular flexibility index (Phi) is 5.12. The quantitative estimate of drug-likeness (QED) is 0.516. The van der Waals surface area contributed by atoms with Crippen molar-refractivity contribution < 1.29 is 22.3 Å². The summed E-state index contributed by atoms with van der Waals surface area (Å²) in [7, 11) is 0. The Labute approximate surface area is 177 Å². The van der Waals surface area contributed by atoms with E-state index in [9.17, 15) is 17.6 Å². The molecule has 0 saturated carbocycles. The van der Waals surface area contributed by atoms with Crippen LogP contribution in [0.15, 0.2) is 36.4 Å². The van der Waals surface area contributed by atoms with Gasteiger partial charge in [-0.3, -0.25) is 4.90 Å². The number of rotatable bonds is 4. The molecule has 0 amide bonds. The lowest BCUT2D eigenvalue weighted by molar-refractivity contribution is -0.274. The summed E-state index contributed by atoms with van der Waals surface area (Å²) in [5.74, 6) is 0.876. The Balaban J connectivity index is 1.24. The van der Waals surface area contributed by atoms with Gasteiger partial charge in [0, 0.05) is 12.6 Å². The molecule has 1 aromatic heterocycles. The number of piperidine rings is 1. The van der Waals surface area contributed by atoms with Gasteiger partial charge in [0.2, 0.25) is 0 Å². The minimum Gasteiger partial charge on any atom is -0.406 e. The molecule has 1 saturated heterocycles. The second-order valence-corrected chi connectivity index (χ2v) is 8.38. The van der Waals surface area contributed by atoms with Gasteiger partial charge >= 0.3 is 6.36 Å². The first-order chi connectivity index (χ1) is 14.9. The minimum absolute atomic E-state index is 0.190. The number of aryl methyl sites for hydroxylation is 2. The number of ether oxygens (including phenoxy) is 1. The Morgan fingerprint density at radius 1 is 1.03 bits per heavy atom. The molecule has 5 rings (SSSR count). The van der Waals surface area contributed by atoms with E-state index in [0.717, 1.165) is 79.8 Å². The zero-order valence-corrected chi connectivity index (χ0v) is 17.0. The van der Waals surface area contributed by atoms with E-state index in [4.69, 9.17) is 4.98 Å². The maximum Gasteiger partial charge on any atom is 0.573 e. The van der Waals surface area contributed by atoms with Crippen molar-refractivity contribution in [1.29, 1.82) is 0 Å². The monoisotopic (exact) mass is 433 g/mol. The molecule has 0 atom stereocenters. The van der Waals surface area contributed by atoms with Crippen LogP contribution in [0.5, 0.6) is 5.75 Å². The second kappa shape index (κ2) is 7.82. The summed E-state index contributed by atoms with van der Waals surface area (Å²) in [6.07, 6.45) is -0.932. The second-order valence-electron chi connectivity index (χ2n) is 8.38. The zero-order valence-electron chi connectivity index (χ0n) is 17.0. The van der Waals surface area contributed by atoms with Crippen LogP contribution in [0.3, 0.4) is 0 Å². The van der Waals surface area contributed by atoms with Gasteiger partial charge in [0.15, 0.2) is 0 Å². The highest BCUT2D eigenvalue weighted by atomic mass is 19.4. The third-order valence-corrected chi connectivity index (χ3v) is 6.33. The van der Waals surface area contributed by atoms with Gasteiger partial charge in [0.1, 0.15) is 17.4 Å². The molecule has 2 aliphatic heterocycles. The fourth-order valence-corrected chi connectivity index (χ4v) is 4.91. The molecular formula is C23H23F4N3O. The normalized spacial score (nSPS) is 17.9. The largest absolute Gasteiger partial charge is 0.573 e. The summed E-state index contributed by atoms with van der Waals surface area (Å²) in [4.78, 5) is 7.09. The van der Waals surface area contributed by atoms with Crippen LogP contribution in [-0.4, -0.2) is 33.9 Å². The topological polar surface area (TPSA) is 30.3 Å². The van der Waals surface area contributed by atoms with E-state index in [1.165, 1.54) is 18.2 Å². The number of alkyl halides is 3. The van der Waals surface area contributed by atoms with Crippen LogP contribution in [0.4, 0.5) is 17.6 Å². The number of nitrogens with zero attached hydrogens (tertiary/aromatic N) is 3. The standard InChI is InChI=1S/C23H23F4N3O/c24-18-12-17-2-1-9-30-21(28-20(13-18)22(17)30)14-29-10-7-16(8-11-29)15-3-5-19(6-4-15)31-23(25,26)27/h3-6,12-13,16H,1-2,7-11,14H2. The van der Waals surface area contributed by atoms with E-state index >= 15 is 0 Å². The molecule has 0 aliphatic carbocycles. The van der Waals surface area contributed by atoms with E-state index in [1.807, 2.05) is 0 Å². The van der Waals surface area contributed by atoms with Crippen LogP contribution in [0, 0.1) is 5.82 Å². The van der Waals surface area contributed by atoms with Crippen molar-refractivity contribution in [1.82, 2.24) is 14.5 Å². The van der Waals surface area contributed by atoms with Gasteiger partial charge in [-0.15, -0.1) is 13.2 Å². The third kappa shape index (κ3) is 4.26. The number of likely N-dealkylation sites (tertiary alicyclic amines) is 1. The summed E-state index contributed by atoms with van der Waals surface area (Å²) in [6, 6.07) is 9.35. The number of halogens is 4. The molecule has 0 bridgehead atoms. The van der Waals surface area contributed by atoms with Gasteiger partial charge in [-0.1, -0.05) is 12.1 Å². The predicted molar refractivity (Wildman–Crippen MR) is 108 cm³/mol. The average Bonchev–Trinajstić information content (AvgIpc) is 3.06. The lowest BCUT2D eigenvalue weighted by atomic mass is 9.89. The first-order valence-electron chi connectivity index (χ1n) is 10.6. The molecular weight excluding hydrogens is 410 g/mol. The van der Waals surface area contributed by atoms with Gasteiger partial charge in [-0.05, 0) is 74.0 Å². The number of benzene rings is 2. The number of imidazole rings is 1. The van der Waals surface area contributed by atoms with Crippen molar-refractivity contribution in [3.8, 4) is 5.75 Å². The van der Waals surface area contributed by atoms with Crippen molar-refractivity contribution in [2.75, 3.05) is 13.1 Å². The third-order valence-electron chi connectivity index (χ3n) is 6.33.